The second kappa shape index (κ2) is 48.1. The van der Waals surface area contributed by atoms with Crippen molar-refractivity contribution in [2.45, 2.75) is 76.0 Å². The van der Waals surface area contributed by atoms with Crippen LogP contribution >= 0.6 is 0 Å². The van der Waals surface area contributed by atoms with Crippen LogP contribution in [0, 0.1) is 57.9 Å². The third-order valence-electron chi connectivity index (χ3n) is 23.0. The molecule has 146 heavy (non-hydrogen) atoms. The van der Waals surface area contributed by atoms with Gasteiger partial charge in [-0.2, -0.15) is 5.26 Å². The van der Waals surface area contributed by atoms with Gasteiger partial charge in [-0.3, -0.25) is 48.1 Å². The Morgan fingerprint density at radius 1 is 0.370 bits per heavy atom. The van der Waals surface area contributed by atoms with Gasteiger partial charge in [-0.15, -0.1) is 0 Å². The zero-order valence-electron chi connectivity index (χ0n) is 77.2. The van der Waals surface area contributed by atoms with Gasteiger partial charge in [-0.05, 0) is 230 Å². The van der Waals surface area contributed by atoms with Gasteiger partial charge >= 0.3 is 0 Å². The zero-order chi connectivity index (χ0) is 104. The van der Waals surface area contributed by atoms with Gasteiger partial charge < -0.3 is 79.8 Å². The number of pyridine rings is 6. The molecule has 10 aromatic carbocycles. The number of nitriles is 1. The number of methoxy groups -OCH3 is 1. The van der Waals surface area contributed by atoms with Crippen LogP contribution in [-0.4, -0.2) is 118 Å². The number of rotatable bonds is 30. The van der Waals surface area contributed by atoms with Crippen molar-refractivity contribution in [2.24, 2.45) is 0 Å². The lowest BCUT2D eigenvalue weighted by Gasteiger charge is -2.19. The fraction of sp³-hybridized carbons (Fsp3) is 0.121. The largest absolute Gasteiger partial charge is 0.495 e. The molecular weight excluding hydrogens is 1890 g/mol. The zero-order valence-corrected chi connectivity index (χ0v) is 77.2. The number of aromatic amines is 1. The lowest BCUT2D eigenvalue weighted by Crippen LogP contribution is -2.48. The molecule has 17 N–H and O–H groups in total. The van der Waals surface area contributed by atoms with Crippen molar-refractivity contribution in [3.8, 4) is 17.5 Å². The number of amides is 8. The number of H-pyrrole nitrogens is 1. The normalized spacial score (nSPS) is 11.6. The molecule has 7 aromatic heterocycles. The Labute approximate surface area is 826 Å². The minimum absolute atomic E-state index is 0.0399. The highest BCUT2D eigenvalue weighted by Gasteiger charge is 2.29. The molecule has 0 aliphatic heterocycles. The summed E-state index contributed by atoms with van der Waals surface area (Å²) in [7, 11) is 1.44. The summed E-state index contributed by atoms with van der Waals surface area (Å²) in [6.07, 6.45) is 15.3. The van der Waals surface area contributed by atoms with E-state index < -0.39 is 124 Å². The summed E-state index contributed by atoms with van der Waals surface area (Å²) in [5.74, 6) is -10.6. The average molecular weight is 1980 g/mol. The Bertz CT molecular complexity index is 7840. The molecule has 0 radical (unpaired) electrons. The van der Waals surface area contributed by atoms with Gasteiger partial charge in [0.05, 0.1) is 36.8 Å². The molecular formula is C107H89F8N21O10. The Morgan fingerprint density at radius 3 is 1.01 bits per heavy atom. The summed E-state index contributed by atoms with van der Waals surface area (Å²) in [4.78, 5) is 142. The minimum Gasteiger partial charge on any atom is -0.495 e. The maximum Gasteiger partial charge on any atom is 0.260 e. The van der Waals surface area contributed by atoms with E-state index in [0.29, 0.717) is 62.4 Å². The highest BCUT2D eigenvalue weighted by Crippen LogP contribution is 2.27. The molecule has 17 aromatic rings. The van der Waals surface area contributed by atoms with Crippen LogP contribution in [0.5, 0.6) is 5.75 Å². The SMILES string of the molecule is COc1cncc(C(=O)N[C@@H](Cc2ccc(F)c(F)c2)C(=O)NCc2ccc3c(N)nccc3c2)c1.N#Cc1ccc(C(=O)N[C@@H](Cc2ccc(F)c(F)c2)C(=O)NCc2ccc3c(N)nccc3c2)cc1.Nc1nccc2cc(CNC(=O)[C@H](Cc3ccc(F)c(F)c3)NC(=O)c3ccc(-n4ccnc4)cc3)ccc12.Nc1nccc2cc(CNC(=O)[C@H](Cc3ccc(F)c(F)c3)NC(=O)c3ccc[nH]c3=O)ccc12. The number of nitrogens with two attached hydrogens (primary N) is 4. The van der Waals surface area contributed by atoms with Gasteiger partial charge in [0.15, 0.2) is 46.5 Å². The van der Waals surface area contributed by atoms with E-state index in [0.717, 1.165) is 120 Å². The van der Waals surface area contributed by atoms with E-state index in [1.807, 2.05) is 72.8 Å². The summed E-state index contributed by atoms with van der Waals surface area (Å²) >= 11 is 0. The van der Waals surface area contributed by atoms with Crippen LogP contribution in [0.15, 0.2) is 303 Å². The van der Waals surface area contributed by atoms with Crippen LogP contribution in [0.25, 0.3) is 48.8 Å². The van der Waals surface area contributed by atoms with Crippen molar-refractivity contribution in [2.75, 3.05) is 30.0 Å². The maximum atomic E-state index is 13.9. The maximum absolute atomic E-state index is 13.9. The van der Waals surface area contributed by atoms with Crippen molar-refractivity contribution in [1.82, 2.24) is 82.0 Å². The number of carbonyl (C=O) groups excluding carboxylic acids is 8. The van der Waals surface area contributed by atoms with Crippen LogP contribution in [0.3, 0.4) is 0 Å². The third-order valence-corrected chi connectivity index (χ3v) is 23.0. The molecule has 4 atom stereocenters. The molecule has 17 rings (SSSR count). The quantitative estimate of drug-likeness (QED) is 0.0186. The van der Waals surface area contributed by atoms with Gasteiger partial charge in [0, 0.05) is 140 Å². The molecule has 0 saturated carbocycles. The van der Waals surface area contributed by atoms with Crippen molar-refractivity contribution in [1.29, 1.82) is 5.26 Å². The smallest absolute Gasteiger partial charge is 0.260 e. The summed E-state index contributed by atoms with van der Waals surface area (Å²) in [5, 5.41) is 37.3. The van der Waals surface area contributed by atoms with E-state index in [-0.39, 0.29) is 68.6 Å². The Hall–Kier alpha value is -19.2. The highest BCUT2D eigenvalue weighted by atomic mass is 19.2. The van der Waals surface area contributed by atoms with Crippen LogP contribution in [0.2, 0.25) is 0 Å². The topological polar surface area (TPSA) is 485 Å². The third kappa shape index (κ3) is 27.3. The number of anilines is 4. The van der Waals surface area contributed by atoms with Crippen molar-refractivity contribution >= 4 is 114 Å². The highest BCUT2D eigenvalue weighted by molar-refractivity contribution is 6.02. The molecule has 0 fully saturated rings. The van der Waals surface area contributed by atoms with Crippen molar-refractivity contribution < 1.29 is 78.2 Å². The number of nitrogens with one attached hydrogen (secondary N) is 9. The Balaban J connectivity index is 0.000000154. The molecule has 0 spiro atoms. The number of carbonyl (C=O) groups is 8. The van der Waals surface area contributed by atoms with E-state index in [2.05, 4.69) is 77.4 Å². The predicted molar refractivity (Wildman–Crippen MR) is 530 cm³/mol. The summed E-state index contributed by atoms with van der Waals surface area (Å²) < 4.78 is 116. The molecule has 0 unspecified atom stereocenters. The molecule has 31 nitrogen and oxygen atoms in total. The number of halogens is 8. The number of ether oxygens (including phenoxy) is 1. The van der Waals surface area contributed by atoms with Crippen LogP contribution in [-0.2, 0) is 71.0 Å². The van der Waals surface area contributed by atoms with Gasteiger partial charge in [0.2, 0.25) is 23.6 Å². The molecule has 8 amide bonds. The molecule has 7 heterocycles. The first-order valence-electron chi connectivity index (χ1n) is 44.7. The summed E-state index contributed by atoms with van der Waals surface area (Å²) in [6, 6.07) is 57.0. The lowest BCUT2D eigenvalue weighted by molar-refractivity contribution is -0.123. The van der Waals surface area contributed by atoms with E-state index >= 15 is 0 Å². The van der Waals surface area contributed by atoms with Crippen LogP contribution in [0.1, 0.15) is 91.5 Å². The van der Waals surface area contributed by atoms with Gasteiger partial charge in [-0.1, -0.05) is 72.8 Å². The Kier molecular flexibility index (Phi) is 33.9. The number of nitrogens with zero attached hydrogens (tertiary/aromatic N) is 8. The van der Waals surface area contributed by atoms with Crippen LogP contribution in [0.4, 0.5) is 58.4 Å². The molecule has 0 bridgehead atoms. The predicted octanol–water partition coefficient (Wildman–Crippen LogP) is 13.2. The first kappa shape index (κ1) is 103. The number of hydrogen-bond acceptors (Lipinski definition) is 21. The minimum atomic E-state index is -1.16. The number of aromatic nitrogens is 8. The van der Waals surface area contributed by atoms with Gasteiger partial charge in [0.25, 0.3) is 29.2 Å². The number of hydrogen-bond donors (Lipinski definition) is 13. The van der Waals surface area contributed by atoms with Gasteiger partial charge in [0.1, 0.15) is 58.8 Å². The Morgan fingerprint density at radius 2 is 0.699 bits per heavy atom. The fourth-order valence-electron chi connectivity index (χ4n) is 15.2. The lowest BCUT2D eigenvalue weighted by atomic mass is 10.0. The van der Waals surface area contributed by atoms with Crippen molar-refractivity contribution in [3.05, 3.63) is 428 Å². The molecule has 0 saturated heterocycles. The monoisotopic (exact) mass is 1980 g/mol. The van der Waals surface area contributed by atoms with Gasteiger partial charge in [-0.25, -0.2) is 60.0 Å². The first-order valence-corrected chi connectivity index (χ1v) is 44.7. The summed E-state index contributed by atoms with van der Waals surface area (Å²) in [6.45, 7) is 0.647. The van der Waals surface area contributed by atoms with E-state index in [4.69, 9.17) is 32.9 Å². The number of benzene rings is 10. The number of fused-ring (bicyclic) bond motifs is 4. The molecule has 0 aliphatic carbocycles. The average Bonchev–Trinajstić information content (AvgIpc) is 1.01. The second-order valence-electron chi connectivity index (χ2n) is 33.0. The molecule has 738 valence electrons. The number of nitrogen functional groups attached to an aromatic ring is 4. The molecule has 0 aliphatic rings. The van der Waals surface area contributed by atoms with Crippen LogP contribution < -0.4 is 75.8 Å². The standard InChI is InChI=1S/C29H24F2N6O2.C27H21F2N5O2.C26H23F2N5O3.C25H21F2N5O3/c30-24-8-2-18(14-25(24)31)15-26(36-28(38)20-3-5-22(6-4-20)37-12-11-33-17-37)29(39)35-16-19-1-7-23-21(13-19)9-10-34-27(23)32;28-22-8-4-17(12-23(22)29)13-24(34-26(35)19-5-1-16(14-30)2-6-19)27(36)33-15-18-3-7-21-20(11-18)9-10-32-25(21)31;1-36-19-11-18(13-30-14-19)25(34)33-23(10-15-3-5-21(27)22(28)9-15)26(35)32-12-16-2-4-20-17(8-16)6-7-31-24(20)29;26-19-6-4-14(11-20(19)27)12-21(32-24(34)18-2-1-8-30-23(18)33)25(35)31-13-15-3-5-17-16(10-15)7-9-29-22(17)28/h1-14,17,26H,15-16H2,(H2,32,34)(H,35,39)(H,36,38);1-12,24H,13,15H2,(H2,31,32)(H,33,36)(H,34,35);2-9,11,13-14,23H,10,12H2,1H3,(H2,29,31)(H,32,35)(H,33,34);1-11,21H,12-13H2,(H2,28,29)(H,30,33)(H,31,35)(H,32,34)/t26-;24-;23-;21-/m0000/s1. The molecule has 39 heteroatoms. The fourth-order valence-corrected chi connectivity index (χ4v) is 15.2. The van der Waals surface area contributed by atoms with E-state index in [9.17, 15) is 78.3 Å². The number of imidazole rings is 1. The van der Waals surface area contributed by atoms with E-state index in [1.165, 1.54) is 92.4 Å². The first-order chi connectivity index (χ1) is 70.3. The van der Waals surface area contributed by atoms with Crippen molar-refractivity contribution in [3.63, 3.8) is 0 Å². The van der Waals surface area contributed by atoms with E-state index in [1.54, 1.807) is 103 Å². The summed E-state index contributed by atoms with van der Waals surface area (Å²) in [5.41, 5.74) is 29.2. The second-order valence-corrected chi connectivity index (χ2v) is 33.0.